The normalized spacial score (nSPS) is 30.9. The fourth-order valence-corrected chi connectivity index (χ4v) is 3.70. The van der Waals surface area contributed by atoms with E-state index in [0.29, 0.717) is 23.0 Å². The molecule has 1 aromatic heterocycles. The van der Waals surface area contributed by atoms with Gasteiger partial charge in [0.1, 0.15) is 6.10 Å². The Hall–Kier alpha value is -1.81. The molecule has 3 heterocycles. The molecule has 2 bridgehead atoms. The van der Waals surface area contributed by atoms with Gasteiger partial charge in [0.15, 0.2) is 0 Å². The molecular formula is C17H20N2O2. The lowest BCUT2D eigenvalue weighted by molar-refractivity contribution is -0.000258. The van der Waals surface area contributed by atoms with E-state index in [1.165, 1.54) is 6.07 Å². The first-order valence-corrected chi connectivity index (χ1v) is 7.47. The number of esters is 1. The van der Waals surface area contributed by atoms with E-state index in [1.54, 1.807) is 6.07 Å². The molecule has 110 valence electrons. The second-order valence-electron chi connectivity index (χ2n) is 6.07. The first-order valence-electron chi connectivity index (χ1n) is 8.97. The predicted octanol–water partition coefficient (Wildman–Crippen LogP) is 2.95. The summed E-state index contributed by atoms with van der Waals surface area (Å²) in [5.74, 6) is -0.556. The summed E-state index contributed by atoms with van der Waals surface area (Å²) >= 11 is 0. The van der Waals surface area contributed by atoms with Crippen molar-refractivity contribution in [1.29, 1.82) is 0 Å². The van der Waals surface area contributed by atoms with E-state index >= 15 is 0 Å². The number of H-pyrrole nitrogens is 1. The third-order valence-electron chi connectivity index (χ3n) is 4.90. The third kappa shape index (κ3) is 2.14. The van der Waals surface area contributed by atoms with E-state index in [-0.39, 0.29) is 29.9 Å². The molecule has 21 heavy (non-hydrogen) atoms. The number of ether oxygens (including phenoxy) is 1. The molecule has 4 nitrogen and oxygen atoms in total. The maximum atomic E-state index is 12.7. The molecular weight excluding hydrogens is 264 g/mol. The van der Waals surface area contributed by atoms with E-state index in [4.69, 9.17) is 8.85 Å². The van der Waals surface area contributed by atoms with Crippen molar-refractivity contribution < 1.29 is 13.6 Å². The van der Waals surface area contributed by atoms with E-state index in [9.17, 15) is 4.79 Å². The quantitative estimate of drug-likeness (QED) is 0.864. The first-order chi connectivity index (χ1) is 11.5. The topological polar surface area (TPSA) is 45.3 Å². The van der Waals surface area contributed by atoms with Crippen LogP contribution in [0.15, 0.2) is 30.4 Å². The fourth-order valence-electron chi connectivity index (χ4n) is 3.70. The van der Waals surface area contributed by atoms with Gasteiger partial charge in [0, 0.05) is 42.0 Å². The number of rotatable bonds is 2. The second kappa shape index (κ2) is 4.88. The third-order valence-corrected chi connectivity index (χ3v) is 4.90. The minimum absolute atomic E-state index is 0.0351. The molecule has 0 spiro atoms. The molecule has 4 heteroatoms. The summed E-state index contributed by atoms with van der Waals surface area (Å²) in [5, 5.41) is 0.313. The van der Waals surface area contributed by atoms with Crippen LogP contribution < -0.4 is 0 Å². The van der Waals surface area contributed by atoms with Crippen LogP contribution in [0.4, 0.5) is 0 Å². The summed E-state index contributed by atoms with van der Waals surface area (Å²) in [6.45, 7) is 0. The number of aromatic amines is 1. The molecule has 2 aliphatic heterocycles. The number of aromatic nitrogens is 1. The second-order valence-corrected chi connectivity index (χ2v) is 6.07. The number of hydrogen-bond acceptors (Lipinski definition) is 3. The van der Waals surface area contributed by atoms with Crippen molar-refractivity contribution in [3.8, 4) is 0 Å². The molecule has 2 aromatic rings. The summed E-state index contributed by atoms with van der Waals surface area (Å²) in [6.07, 6.45) is 3.75. The van der Waals surface area contributed by atoms with Crippen molar-refractivity contribution in [3.63, 3.8) is 0 Å². The SMILES string of the molecule is [2H]c1ccc2[nH]c([2H])c(C(=O)OC3C[C@H]4CC[C@@H](C3)N4C)c2c1[2H]. The van der Waals surface area contributed by atoms with Gasteiger partial charge < -0.3 is 14.6 Å². The predicted molar refractivity (Wildman–Crippen MR) is 81.3 cm³/mol. The van der Waals surface area contributed by atoms with E-state index in [0.717, 1.165) is 25.7 Å². The van der Waals surface area contributed by atoms with Crippen molar-refractivity contribution in [2.24, 2.45) is 0 Å². The maximum absolute atomic E-state index is 12.7. The lowest BCUT2D eigenvalue weighted by Gasteiger charge is -2.35. The molecule has 2 aliphatic rings. The smallest absolute Gasteiger partial charge is 0.340 e. The number of piperidine rings is 1. The van der Waals surface area contributed by atoms with Crippen molar-refractivity contribution >= 4 is 16.9 Å². The number of nitrogens with zero attached hydrogens (tertiary/aromatic N) is 1. The monoisotopic (exact) mass is 287 g/mol. The summed E-state index contributed by atoms with van der Waals surface area (Å²) in [7, 11) is 2.13. The molecule has 3 atom stereocenters. The van der Waals surface area contributed by atoms with Crippen LogP contribution in [0.5, 0.6) is 0 Å². The molecule has 4 rings (SSSR count). The number of hydrogen-bond donors (Lipinski definition) is 1. The van der Waals surface area contributed by atoms with Gasteiger partial charge in [0.05, 0.1) is 9.68 Å². The van der Waals surface area contributed by atoms with Crippen LogP contribution >= 0.6 is 0 Å². The van der Waals surface area contributed by atoms with Crippen LogP contribution in [0.25, 0.3) is 10.9 Å². The minimum Gasteiger partial charge on any atom is -0.459 e. The van der Waals surface area contributed by atoms with Crippen molar-refractivity contribution in [1.82, 2.24) is 9.88 Å². The number of benzene rings is 1. The highest BCUT2D eigenvalue weighted by atomic mass is 16.5. The molecule has 1 N–H and O–H groups in total. The zero-order valence-electron chi connectivity index (χ0n) is 15.0. The highest BCUT2D eigenvalue weighted by Gasteiger charge is 2.40. The minimum atomic E-state index is -0.556. The Labute approximate surface area is 128 Å². The van der Waals surface area contributed by atoms with Gasteiger partial charge in [-0.05, 0) is 26.0 Å². The van der Waals surface area contributed by atoms with Crippen LogP contribution in [-0.2, 0) is 4.74 Å². The molecule has 1 unspecified atom stereocenters. The average molecular weight is 287 g/mol. The Morgan fingerprint density at radius 1 is 1.43 bits per heavy atom. The maximum Gasteiger partial charge on any atom is 0.340 e. The Morgan fingerprint density at radius 2 is 2.19 bits per heavy atom. The van der Waals surface area contributed by atoms with Crippen molar-refractivity contribution in [2.45, 2.75) is 43.9 Å². The highest BCUT2D eigenvalue weighted by Crippen LogP contribution is 2.35. The molecule has 0 saturated carbocycles. The zero-order valence-corrected chi connectivity index (χ0v) is 12.0. The lowest BCUT2D eigenvalue weighted by Crippen LogP contribution is -2.43. The Morgan fingerprint density at radius 3 is 2.95 bits per heavy atom. The number of nitrogens with one attached hydrogen (secondary N) is 1. The molecule has 0 aliphatic carbocycles. The van der Waals surface area contributed by atoms with Gasteiger partial charge in [-0.25, -0.2) is 4.79 Å². The van der Waals surface area contributed by atoms with Gasteiger partial charge in [-0.1, -0.05) is 18.2 Å². The summed E-state index contributed by atoms with van der Waals surface area (Å²) in [6, 6.07) is 4.04. The first kappa shape index (κ1) is 10.0. The van der Waals surface area contributed by atoms with Gasteiger partial charge in [0.25, 0.3) is 0 Å². The van der Waals surface area contributed by atoms with Crippen molar-refractivity contribution in [3.05, 3.63) is 36.0 Å². The fraction of sp³-hybridized carbons (Fsp3) is 0.471. The van der Waals surface area contributed by atoms with Crippen molar-refractivity contribution in [2.75, 3.05) is 7.05 Å². The summed E-state index contributed by atoms with van der Waals surface area (Å²) in [5.41, 5.74) is 0.603. The Balaban J connectivity index is 1.62. The van der Waals surface area contributed by atoms with Gasteiger partial charge in [-0.2, -0.15) is 0 Å². The summed E-state index contributed by atoms with van der Waals surface area (Å²) in [4.78, 5) is 17.8. The molecule has 0 radical (unpaired) electrons. The lowest BCUT2D eigenvalue weighted by atomic mass is 10.0. The van der Waals surface area contributed by atoms with Crippen LogP contribution in [0.2, 0.25) is 0 Å². The van der Waals surface area contributed by atoms with Gasteiger partial charge in [0.2, 0.25) is 0 Å². The largest absolute Gasteiger partial charge is 0.459 e. The molecule has 0 amide bonds. The van der Waals surface area contributed by atoms with Crippen LogP contribution in [0, 0.1) is 0 Å². The number of carbonyl (C=O) groups is 1. The average Bonchev–Trinajstić information content (AvgIpc) is 2.95. The van der Waals surface area contributed by atoms with E-state index in [2.05, 4.69) is 16.9 Å². The summed E-state index contributed by atoms with van der Waals surface area (Å²) < 4.78 is 29.5. The zero-order chi connectivity index (χ0) is 17.0. The van der Waals surface area contributed by atoms with E-state index < -0.39 is 5.97 Å². The van der Waals surface area contributed by atoms with Crippen LogP contribution in [-0.4, -0.2) is 41.1 Å². The molecule has 2 saturated heterocycles. The molecule has 2 fully saturated rings. The van der Waals surface area contributed by atoms with Gasteiger partial charge in [-0.15, -0.1) is 0 Å². The number of carbonyl (C=O) groups excluding carboxylic acids is 1. The number of fused-ring (bicyclic) bond motifs is 3. The molecule has 1 aromatic carbocycles. The van der Waals surface area contributed by atoms with Crippen LogP contribution in [0.1, 0.15) is 40.2 Å². The number of para-hydroxylation sites is 1. The standard InChI is InChI=1S/C17H20N2O2/c1-19-11-6-7-12(19)9-13(8-11)21-17(20)15-10-18-16-5-3-2-4-14(15)16/h2-5,10-13,18H,6-9H2,1H3/t11-,12+,13?/i2D,4D,10D. The van der Waals surface area contributed by atoms with E-state index in [1.807, 2.05) is 0 Å². The van der Waals surface area contributed by atoms with Crippen LogP contribution in [0.3, 0.4) is 0 Å². The van der Waals surface area contributed by atoms with Gasteiger partial charge in [-0.3, -0.25) is 0 Å². The Bertz CT molecular complexity index is 806. The van der Waals surface area contributed by atoms with Gasteiger partial charge >= 0.3 is 5.97 Å². The highest BCUT2D eigenvalue weighted by molar-refractivity contribution is 6.04. The Kier molecular flexibility index (Phi) is 2.33.